The molecule has 2 aliphatic heterocycles. The summed E-state index contributed by atoms with van der Waals surface area (Å²) in [6, 6.07) is 0. The first-order valence-electron chi connectivity index (χ1n) is 8.49. The molecule has 1 saturated carbocycles. The van der Waals surface area contributed by atoms with Crippen molar-refractivity contribution in [1.82, 2.24) is 0 Å². The highest BCUT2D eigenvalue weighted by molar-refractivity contribution is 5.75. The van der Waals surface area contributed by atoms with Crippen LogP contribution in [0, 0.1) is 17.8 Å². The maximum atomic E-state index is 12.1. The molecule has 9 nitrogen and oxygen atoms in total. The average molecular weight is 360 g/mol. The molecule has 9 atom stereocenters. The third-order valence-corrected chi connectivity index (χ3v) is 5.55. The van der Waals surface area contributed by atoms with E-state index in [-0.39, 0.29) is 17.8 Å². The van der Waals surface area contributed by atoms with Gasteiger partial charge in [-0.25, -0.2) is 4.79 Å². The fourth-order valence-electron chi connectivity index (χ4n) is 4.10. The van der Waals surface area contributed by atoms with E-state index in [1.54, 1.807) is 6.92 Å². The van der Waals surface area contributed by atoms with Crippen molar-refractivity contribution in [1.29, 1.82) is 0 Å². The van der Waals surface area contributed by atoms with Crippen LogP contribution < -0.4 is 0 Å². The Bertz CT molecular complexity index is 552. The Morgan fingerprint density at radius 3 is 2.48 bits per heavy atom. The van der Waals surface area contributed by atoms with Crippen LogP contribution in [0.25, 0.3) is 0 Å². The first-order valence-corrected chi connectivity index (χ1v) is 8.49. The van der Waals surface area contributed by atoms with Crippen molar-refractivity contribution in [2.45, 2.75) is 69.6 Å². The van der Waals surface area contributed by atoms with Gasteiger partial charge in [-0.15, -0.1) is 0 Å². The largest absolute Gasteiger partial charge is 0.479 e. The molecule has 0 bridgehead atoms. The van der Waals surface area contributed by atoms with Gasteiger partial charge in [-0.05, 0) is 18.8 Å². The van der Waals surface area contributed by atoms with E-state index in [1.807, 2.05) is 6.92 Å². The third kappa shape index (κ3) is 3.04. The molecule has 0 aromatic rings. The minimum absolute atomic E-state index is 0.195. The molecule has 3 fully saturated rings. The zero-order valence-corrected chi connectivity index (χ0v) is 14.1. The summed E-state index contributed by atoms with van der Waals surface area (Å²) in [7, 11) is 0. The smallest absolute Gasteiger partial charge is 0.335 e. The Kier molecular flexibility index (Phi) is 4.80. The van der Waals surface area contributed by atoms with E-state index in [9.17, 15) is 24.9 Å². The molecule has 0 aromatic carbocycles. The molecule has 142 valence electrons. The first-order chi connectivity index (χ1) is 11.7. The van der Waals surface area contributed by atoms with E-state index in [0.29, 0.717) is 12.8 Å². The second-order valence-electron chi connectivity index (χ2n) is 7.37. The summed E-state index contributed by atoms with van der Waals surface area (Å²) in [6.07, 6.45) is -6.56. The summed E-state index contributed by atoms with van der Waals surface area (Å²) < 4.78 is 16.5. The van der Waals surface area contributed by atoms with Crippen LogP contribution >= 0.6 is 0 Å². The summed E-state index contributed by atoms with van der Waals surface area (Å²) in [5, 5.41) is 39.0. The number of rotatable bonds is 3. The zero-order valence-electron chi connectivity index (χ0n) is 14.1. The highest BCUT2D eigenvalue weighted by atomic mass is 16.8. The predicted octanol–water partition coefficient (Wildman–Crippen LogP) is -0.779. The maximum absolute atomic E-state index is 12.1. The SMILES string of the molecule is CC1CCC2C(C)C(=O)OC2(OC2O[C@H](C(=O)O)[C@@H](O)[C@H](O)[C@H]2O)C1. The zero-order chi connectivity index (χ0) is 18.5. The number of carbonyl (C=O) groups excluding carboxylic acids is 1. The molecule has 5 unspecified atom stereocenters. The Morgan fingerprint density at radius 2 is 1.84 bits per heavy atom. The molecule has 0 aromatic heterocycles. The molecule has 4 N–H and O–H groups in total. The second-order valence-corrected chi connectivity index (χ2v) is 7.37. The van der Waals surface area contributed by atoms with Crippen molar-refractivity contribution in [3.8, 4) is 0 Å². The number of aliphatic carboxylic acids is 1. The second kappa shape index (κ2) is 6.48. The van der Waals surface area contributed by atoms with Gasteiger partial charge in [0.15, 0.2) is 12.4 Å². The van der Waals surface area contributed by atoms with Crippen molar-refractivity contribution < 1.29 is 44.2 Å². The summed E-state index contributed by atoms with van der Waals surface area (Å²) in [5.74, 6) is -3.68. The van der Waals surface area contributed by atoms with Gasteiger partial charge < -0.3 is 34.6 Å². The molecule has 0 spiro atoms. The number of fused-ring (bicyclic) bond motifs is 1. The Balaban J connectivity index is 1.85. The summed E-state index contributed by atoms with van der Waals surface area (Å²) in [6.45, 7) is 3.72. The predicted molar refractivity (Wildman–Crippen MR) is 79.9 cm³/mol. The molecular formula is C16H24O9. The van der Waals surface area contributed by atoms with Gasteiger partial charge in [-0.2, -0.15) is 0 Å². The van der Waals surface area contributed by atoms with Gasteiger partial charge in [-0.1, -0.05) is 13.8 Å². The third-order valence-electron chi connectivity index (χ3n) is 5.55. The number of aliphatic hydroxyl groups is 3. The number of esters is 1. The Labute approximate surface area is 144 Å². The van der Waals surface area contributed by atoms with Gasteiger partial charge in [0.2, 0.25) is 5.79 Å². The highest BCUT2D eigenvalue weighted by Crippen LogP contribution is 2.50. The minimum Gasteiger partial charge on any atom is -0.479 e. The minimum atomic E-state index is -1.80. The average Bonchev–Trinajstić information content (AvgIpc) is 2.78. The molecule has 2 saturated heterocycles. The van der Waals surface area contributed by atoms with E-state index in [2.05, 4.69) is 0 Å². The van der Waals surface area contributed by atoms with Gasteiger partial charge >= 0.3 is 11.9 Å². The van der Waals surface area contributed by atoms with Crippen LogP contribution in [0.3, 0.4) is 0 Å². The van der Waals surface area contributed by atoms with Crippen LogP contribution in [0.2, 0.25) is 0 Å². The highest BCUT2D eigenvalue weighted by Gasteiger charge is 2.60. The van der Waals surface area contributed by atoms with Crippen molar-refractivity contribution in [2.24, 2.45) is 17.8 Å². The van der Waals surface area contributed by atoms with Crippen LogP contribution in [0.4, 0.5) is 0 Å². The monoisotopic (exact) mass is 360 g/mol. The number of aliphatic hydroxyl groups excluding tert-OH is 3. The maximum Gasteiger partial charge on any atom is 0.335 e. The molecule has 3 aliphatic rings. The van der Waals surface area contributed by atoms with Crippen molar-refractivity contribution in [3.63, 3.8) is 0 Å². The number of ether oxygens (including phenoxy) is 3. The molecule has 1 aliphatic carbocycles. The topological polar surface area (TPSA) is 143 Å². The van der Waals surface area contributed by atoms with Gasteiger partial charge in [0.25, 0.3) is 0 Å². The van der Waals surface area contributed by atoms with Crippen LogP contribution in [0.5, 0.6) is 0 Å². The van der Waals surface area contributed by atoms with E-state index in [0.717, 1.165) is 6.42 Å². The van der Waals surface area contributed by atoms with Crippen LogP contribution in [-0.4, -0.2) is 68.9 Å². The summed E-state index contributed by atoms with van der Waals surface area (Å²) >= 11 is 0. The van der Waals surface area contributed by atoms with Crippen LogP contribution in [0.15, 0.2) is 0 Å². The number of carbonyl (C=O) groups is 2. The van der Waals surface area contributed by atoms with Gasteiger partial charge in [-0.3, -0.25) is 4.79 Å². The number of hydrogen-bond donors (Lipinski definition) is 4. The lowest BCUT2D eigenvalue weighted by Crippen LogP contribution is -2.62. The number of hydrogen-bond acceptors (Lipinski definition) is 8. The van der Waals surface area contributed by atoms with Gasteiger partial charge in [0.05, 0.1) is 5.92 Å². The lowest BCUT2D eigenvalue weighted by atomic mass is 9.74. The van der Waals surface area contributed by atoms with Crippen molar-refractivity contribution >= 4 is 11.9 Å². The molecule has 9 heteroatoms. The molecule has 0 amide bonds. The lowest BCUT2D eigenvalue weighted by molar-refractivity contribution is -0.367. The molecular weight excluding hydrogens is 336 g/mol. The fraction of sp³-hybridized carbons (Fsp3) is 0.875. The van der Waals surface area contributed by atoms with Gasteiger partial charge in [0, 0.05) is 12.3 Å². The molecule has 0 radical (unpaired) electrons. The standard InChI is InChI=1S/C16H24O9/c1-6-3-4-8-7(2)14(22)24-16(8,5-6)25-15-11(19)9(17)10(18)12(23-15)13(20)21/h6-12,15,17-19H,3-5H2,1-2H3,(H,20,21)/t6?,7?,8?,9-,10-,11+,12-,15?,16?/m0/s1. The molecule has 3 rings (SSSR count). The Morgan fingerprint density at radius 1 is 1.16 bits per heavy atom. The van der Waals surface area contributed by atoms with Crippen LogP contribution in [-0.2, 0) is 23.8 Å². The van der Waals surface area contributed by atoms with Crippen molar-refractivity contribution in [3.05, 3.63) is 0 Å². The summed E-state index contributed by atoms with van der Waals surface area (Å²) in [5.41, 5.74) is 0. The van der Waals surface area contributed by atoms with E-state index < -0.39 is 48.4 Å². The summed E-state index contributed by atoms with van der Waals surface area (Å²) in [4.78, 5) is 23.3. The normalized spacial score (nSPS) is 50.2. The number of carboxylic acid groups (broad SMARTS) is 1. The fourth-order valence-corrected chi connectivity index (χ4v) is 4.10. The lowest BCUT2D eigenvalue weighted by Gasteiger charge is -2.46. The van der Waals surface area contributed by atoms with E-state index in [4.69, 9.17) is 19.3 Å². The molecule has 25 heavy (non-hydrogen) atoms. The van der Waals surface area contributed by atoms with Gasteiger partial charge in [0.1, 0.15) is 18.3 Å². The number of carboxylic acids is 1. The van der Waals surface area contributed by atoms with E-state index >= 15 is 0 Å². The molecule has 2 heterocycles. The quantitative estimate of drug-likeness (QED) is 0.477. The van der Waals surface area contributed by atoms with E-state index in [1.165, 1.54) is 0 Å². The van der Waals surface area contributed by atoms with Crippen LogP contribution in [0.1, 0.15) is 33.1 Å². The first kappa shape index (κ1) is 18.5. The Hall–Kier alpha value is -1.26. The van der Waals surface area contributed by atoms with Crippen molar-refractivity contribution in [2.75, 3.05) is 0 Å².